The first-order valence-electron chi connectivity index (χ1n) is 11.4. The number of likely N-dealkylation sites (tertiary alicyclic amines) is 1. The molecule has 1 aromatic heterocycles. The van der Waals surface area contributed by atoms with E-state index >= 15 is 0 Å². The Hall–Kier alpha value is -4.00. The van der Waals surface area contributed by atoms with Crippen LogP contribution in [-0.4, -0.2) is 34.2 Å². The Morgan fingerprint density at radius 3 is 2.24 bits per heavy atom. The van der Waals surface area contributed by atoms with Gasteiger partial charge in [0.15, 0.2) is 0 Å². The van der Waals surface area contributed by atoms with Crippen LogP contribution in [0.5, 0.6) is 0 Å². The standard InChI is InChI=1S/C27H25FN4O2/c28-23-15-13-21(14-16-23)25-30-31-26(34-25)22-12-7-17-32(18-22)27(33)29-24(19-8-3-1-4-9-19)20-10-5-2-6-11-20/h1-6,8-11,13-16,22,24H,7,12,17-18H2,(H,29,33). The molecule has 172 valence electrons. The van der Waals surface area contributed by atoms with Crippen molar-refractivity contribution < 1.29 is 13.6 Å². The molecule has 1 fully saturated rings. The molecular weight excluding hydrogens is 431 g/mol. The smallest absolute Gasteiger partial charge is 0.318 e. The maximum absolute atomic E-state index is 13.3. The SMILES string of the molecule is O=C(NC(c1ccccc1)c1ccccc1)N1CCCC(c2nnc(-c3ccc(F)cc3)o2)C1. The zero-order valence-electron chi connectivity index (χ0n) is 18.6. The number of nitrogens with one attached hydrogen (secondary N) is 1. The Morgan fingerprint density at radius 1 is 0.941 bits per heavy atom. The van der Waals surface area contributed by atoms with Gasteiger partial charge in [-0.3, -0.25) is 0 Å². The second-order valence-electron chi connectivity index (χ2n) is 8.44. The number of urea groups is 1. The van der Waals surface area contributed by atoms with E-state index in [0.717, 1.165) is 24.0 Å². The van der Waals surface area contributed by atoms with Crippen LogP contribution in [0.15, 0.2) is 89.3 Å². The van der Waals surface area contributed by atoms with Crippen LogP contribution in [0, 0.1) is 5.82 Å². The average molecular weight is 457 g/mol. The van der Waals surface area contributed by atoms with Gasteiger partial charge in [0.25, 0.3) is 0 Å². The fourth-order valence-electron chi connectivity index (χ4n) is 4.34. The van der Waals surface area contributed by atoms with Gasteiger partial charge in [0, 0.05) is 18.7 Å². The van der Waals surface area contributed by atoms with Gasteiger partial charge < -0.3 is 14.6 Å². The highest BCUT2D eigenvalue weighted by molar-refractivity contribution is 5.75. The third-order valence-corrected chi connectivity index (χ3v) is 6.12. The number of aromatic nitrogens is 2. The minimum atomic E-state index is -0.318. The molecule has 5 rings (SSSR count). The predicted molar refractivity (Wildman–Crippen MR) is 126 cm³/mol. The largest absolute Gasteiger partial charge is 0.420 e. The molecule has 1 atom stereocenters. The molecule has 6 nitrogen and oxygen atoms in total. The second-order valence-corrected chi connectivity index (χ2v) is 8.44. The summed E-state index contributed by atoms with van der Waals surface area (Å²) < 4.78 is 19.1. The number of amides is 2. The maximum Gasteiger partial charge on any atom is 0.318 e. The van der Waals surface area contributed by atoms with Crippen LogP contribution in [-0.2, 0) is 0 Å². The summed E-state index contributed by atoms with van der Waals surface area (Å²) in [5.74, 6) is 0.485. The van der Waals surface area contributed by atoms with E-state index in [1.54, 1.807) is 12.1 Å². The summed E-state index contributed by atoms with van der Waals surface area (Å²) in [5.41, 5.74) is 2.71. The molecule has 1 unspecified atom stereocenters. The van der Waals surface area contributed by atoms with Gasteiger partial charge in [0.05, 0.1) is 12.0 Å². The van der Waals surface area contributed by atoms with E-state index in [9.17, 15) is 9.18 Å². The molecule has 1 aliphatic heterocycles. The minimum absolute atomic E-state index is 0.0481. The highest BCUT2D eigenvalue weighted by atomic mass is 19.1. The fourth-order valence-corrected chi connectivity index (χ4v) is 4.34. The molecule has 1 N–H and O–H groups in total. The van der Waals surface area contributed by atoms with E-state index in [-0.39, 0.29) is 23.8 Å². The normalized spacial score (nSPS) is 15.9. The number of carbonyl (C=O) groups excluding carboxylic acids is 1. The van der Waals surface area contributed by atoms with Crippen LogP contribution < -0.4 is 5.32 Å². The van der Waals surface area contributed by atoms with Crippen LogP contribution in [0.1, 0.15) is 41.8 Å². The molecule has 1 saturated heterocycles. The number of carbonyl (C=O) groups is 1. The molecule has 4 aromatic rings. The predicted octanol–water partition coefficient (Wildman–Crippen LogP) is 5.55. The van der Waals surface area contributed by atoms with Gasteiger partial charge in [0.1, 0.15) is 5.82 Å². The van der Waals surface area contributed by atoms with Crippen LogP contribution >= 0.6 is 0 Å². The van der Waals surface area contributed by atoms with Crippen molar-refractivity contribution in [3.8, 4) is 11.5 Å². The molecule has 2 heterocycles. The van der Waals surface area contributed by atoms with E-state index in [1.807, 2.05) is 65.6 Å². The van der Waals surface area contributed by atoms with Crippen molar-refractivity contribution in [2.24, 2.45) is 0 Å². The van der Waals surface area contributed by atoms with Crippen LogP contribution in [0.25, 0.3) is 11.5 Å². The van der Waals surface area contributed by atoms with Gasteiger partial charge in [0.2, 0.25) is 11.8 Å². The average Bonchev–Trinajstić information content (AvgIpc) is 3.39. The molecule has 2 amide bonds. The number of halogens is 1. The van der Waals surface area contributed by atoms with Crippen LogP contribution in [0.3, 0.4) is 0 Å². The zero-order chi connectivity index (χ0) is 23.3. The molecule has 7 heteroatoms. The highest BCUT2D eigenvalue weighted by Crippen LogP contribution is 2.29. The van der Waals surface area contributed by atoms with Crippen LogP contribution in [0.2, 0.25) is 0 Å². The summed E-state index contributed by atoms with van der Waals surface area (Å²) in [5, 5.41) is 11.6. The molecule has 1 aliphatic rings. The molecule has 0 saturated carbocycles. The van der Waals surface area contributed by atoms with Crippen molar-refractivity contribution in [3.05, 3.63) is 108 Å². The van der Waals surface area contributed by atoms with E-state index in [2.05, 4.69) is 15.5 Å². The van der Waals surface area contributed by atoms with Gasteiger partial charge >= 0.3 is 6.03 Å². The zero-order valence-corrected chi connectivity index (χ0v) is 18.6. The summed E-state index contributed by atoms with van der Waals surface area (Å²) in [6.07, 6.45) is 1.70. The lowest BCUT2D eigenvalue weighted by Crippen LogP contribution is -2.46. The summed E-state index contributed by atoms with van der Waals surface area (Å²) in [6, 6.07) is 25.5. The van der Waals surface area contributed by atoms with Crippen molar-refractivity contribution in [1.82, 2.24) is 20.4 Å². The van der Waals surface area contributed by atoms with Crippen molar-refractivity contribution in [2.75, 3.05) is 13.1 Å². The van der Waals surface area contributed by atoms with Crippen LogP contribution in [0.4, 0.5) is 9.18 Å². The Balaban J connectivity index is 1.30. The molecule has 0 bridgehead atoms. The lowest BCUT2D eigenvalue weighted by molar-refractivity contribution is 0.172. The van der Waals surface area contributed by atoms with Gasteiger partial charge in [-0.1, -0.05) is 60.7 Å². The number of benzene rings is 3. The quantitative estimate of drug-likeness (QED) is 0.427. The summed E-state index contributed by atoms with van der Waals surface area (Å²) in [4.78, 5) is 15.1. The van der Waals surface area contributed by atoms with Gasteiger partial charge in [-0.15, -0.1) is 10.2 Å². The van der Waals surface area contributed by atoms with Crippen molar-refractivity contribution in [1.29, 1.82) is 0 Å². The topological polar surface area (TPSA) is 71.3 Å². The van der Waals surface area contributed by atoms with E-state index in [0.29, 0.717) is 30.4 Å². The minimum Gasteiger partial charge on any atom is -0.420 e. The lowest BCUT2D eigenvalue weighted by atomic mass is 9.97. The maximum atomic E-state index is 13.3. The van der Waals surface area contributed by atoms with Crippen molar-refractivity contribution in [2.45, 2.75) is 24.8 Å². The van der Waals surface area contributed by atoms with Gasteiger partial charge in [-0.25, -0.2) is 9.18 Å². The van der Waals surface area contributed by atoms with Crippen molar-refractivity contribution in [3.63, 3.8) is 0 Å². The van der Waals surface area contributed by atoms with Crippen molar-refractivity contribution >= 4 is 6.03 Å². The summed E-state index contributed by atoms with van der Waals surface area (Å²) in [6.45, 7) is 1.16. The second kappa shape index (κ2) is 9.87. The molecular formula is C27H25FN4O2. The monoisotopic (exact) mass is 456 g/mol. The third kappa shape index (κ3) is 4.83. The molecule has 34 heavy (non-hydrogen) atoms. The highest BCUT2D eigenvalue weighted by Gasteiger charge is 2.30. The fraction of sp³-hybridized carbons (Fsp3) is 0.222. The van der Waals surface area contributed by atoms with Gasteiger partial charge in [-0.2, -0.15) is 0 Å². The number of nitrogens with zero attached hydrogens (tertiary/aromatic N) is 3. The third-order valence-electron chi connectivity index (χ3n) is 6.12. The first-order chi connectivity index (χ1) is 16.7. The van der Waals surface area contributed by atoms with E-state index < -0.39 is 0 Å². The Bertz CT molecular complexity index is 1190. The lowest BCUT2D eigenvalue weighted by Gasteiger charge is -2.32. The van der Waals surface area contributed by atoms with Gasteiger partial charge in [-0.05, 0) is 48.2 Å². The molecule has 0 aliphatic carbocycles. The van der Waals surface area contributed by atoms with E-state index in [1.165, 1.54) is 12.1 Å². The number of piperidine rings is 1. The number of hydrogen-bond acceptors (Lipinski definition) is 4. The molecule has 0 spiro atoms. The molecule has 0 radical (unpaired) electrons. The summed E-state index contributed by atoms with van der Waals surface area (Å²) in [7, 11) is 0. The van der Waals surface area contributed by atoms with E-state index in [4.69, 9.17) is 4.42 Å². The Kier molecular flexibility index (Phi) is 6.33. The number of rotatable bonds is 5. The summed E-state index contributed by atoms with van der Waals surface area (Å²) >= 11 is 0. The molecule has 3 aromatic carbocycles. The Labute approximate surface area is 197 Å². The number of hydrogen-bond donors (Lipinski definition) is 1. The Morgan fingerprint density at radius 2 is 1.59 bits per heavy atom. The first kappa shape index (κ1) is 21.8. The first-order valence-corrected chi connectivity index (χ1v) is 11.4.